The molecule has 3 aromatic rings. The van der Waals surface area contributed by atoms with Crippen LogP contribution >= 0.6 is 0 Å². The van der Waals surface area contributed by atoms with Crippen LogP contribution in [0.25, 0.3) is 5.69 Å². The van der Waals surface area contributed by atoms with Gasteiger partial charge in [0.15, 0.2) is 5.78 Å². The first-order chi connectivity index (χ1) is 18.6. The quantitative estimate of drug-likeness (QED) is 0.392. The first kappa shape index (κ1) is 24.9. The molecule has 4 heterocycles. The van der Waals surface area contributed by atoms with Gasteiger partial charge in [-0.1, -0.05) is 18.2 Å². The number of ketones is 1. The van der Waals surface area contributed by atoms with E-state index in [2.05, 4.69) is 5.32 Å². The summed E-state index contributed by atoms with van der Waals surface area (Å²) in [5.74, 6) is 0.438. The van der Waals surface area contributed by atoms with E-state index in [0.29, 0.717) is 36.6 Å². The van der Waals surface area contributed by atoms with E-state index >= 15 is 0 Å². The van der Waals surface area contributed by atoms with Crippen molar-refractivity contribution in [2.24, 2.45) is 0 Å². The predicted octanol–water partition coefficient (Wildman–Crippen LogP) is 2.33. The minimum Gasteiger partial charge on any atom is -0.483 e. The molecule has 3 aliphatic heterocycles. The molecule has 0 radical (unpaired) electrons. The highest BCUT2D eigenvalue weighted by Crippen LogP contribution is 2.47. The van der Waals surface area contributed by atoms with Gasteiger partial charge in [0.05, 0.1) is 18.3 Å². The molecule has 1 saturated heterocycles. The Morgan fingerprint density at radius 3 is 2.51 bits per heavy atom. The number of aromatic nitrogens is 3. The molecule has 0 spiro atoms. The van der Waals surface area contributed by atoms with Gasteiger partial charge >= 0.3 is 17.5 Å². The van der Waals surface area contributed by atoms with Gasteiger partial charge in [-0.3, -0.25) is 9.69 Å². The van der Waals surface area contributed by atoms with Crippen LogP contribution in [0.5, 0.6) is 5.75 Å². The number of amides is 1. The zero-order valence-electron chi connectivity index (χ0n) is 21.9. The highest BCUT2D eigenvalue weighted by molar-refractivity contribution is 5.94. The van der Waals surface area contributed by atoms with E-state index < -0.39 is 29.1 Å². The van der Waals surface area contributed by atoms with Gasteiger partial charge < -0.3 is 15.2 Å². The number of piperazine rings is 1. The van der Waals surface area contributed by atoms with Crippen molar-refractivity contribution in [3.63, 3.8) is 0 Å². The Kier molecular flexibility index (Phi) is 5.65. The largest absolute Gasteiger partial charge is 0.483 e. The van der Waals surface area contributed by atoms with E-state index in [0.717, 1.165) is 21.3 Å². The van der Waals surface area contributed by atoms with E-state index in [1.54, 1.807) is 24.3 Å². The number of carbonyl (C=O) groups excluding carboxylic acids is 1. The Morgan fingerprint density at radius 2 is 1.82 bits per heavy atom. The van der Waals surface area contributed by atoms with Crippen LogP contribution < -0.4 is 21.4 Å². The monoisotopic (exact) mass is 531 g/mol. The molecule has 11 nitrogen and oxygen atoms in total. The topological polar surface area (TPSA) is 128 Å². The summed E-state index contributed by atoms with van der Waals surface area (Å²) in [4.78, 5) is 52.3. The summed E-state index contributed by atoms with van der Waals surface area (Å²) in [7, 11) is 0. The molecule has 2 unspecified atom stereocenters. The van der Waals surface area contributed by atoms with E-state index in [-0.39, 0.29) is 18.4 Å². The number of rotatable bonds is 3. The second-order valence-electron chi connectivity index (χ2n) is 10.6. The normalized spacial score (nSPS) is 21.2. The van der Waals surface area contributed by atoms with E-state index in [9.17, 15) is 24.3 Å². The molecule has 2 aromatic carbocycles. The summed E-state index contributed by atoms with van der Waals surface area (Å²) >= 11 is 0. The van der Waals surface area contributed by atoms with Gasteiger partial charge in [-0.2, -0.15) is 0 Å². The molecule has 1 amide bonds. The molecule has 2 N–H and O–H groups in total. The number of hydrogen-bond acceptors (Lipinski definition) is 6. The minimum absolute atomic E-state index is 0.105. The smallest absolute Gasteiger partial charge is 0.407 e. The third-order valence-corrected chi connectivity index (χ3v) is 7.88. The summed E-state index contributed by atoms with van der Waals surface area (Å²) in [6, 6.07) is 11.0. The summed E-state index contributed by atoms with van der Waals surface area (Å²) in [6.45, 7) is 6.95. The minimum atomic E-state index is -0.980. The van der Waals surface area contributed by atoms with Crippen molar-refractivity contribution in [3.8, 4) is 11.4 Å². The molecular weight excluding hydrogens is 502 g/mol. The number of allylic oxidation sites excluding steroid dienone is 1. The van der Waals surface area contributed by atoms with Crippen molar-refractivity contribution in [2.45, 2.75) is 45.0 Å². The van der Waals surface area contributed by atoms with Gasteiger partial charge in [0.2, 0.25) is 0 Å². The van der Waals surface area contributed by atoms with Crippen LogP contribution in [0.1, 0.15) is 54.3 Å². The number of Topliss-reactive ketones (excluding diaryl/α,β-unsaturated/α-hetero) is 1. The second kappa shape index (κ2) is 8.84. The SMILES string of the molecule is CC(=O)c1ccc(-n2c(=O)n3n(c2=O)C2C(=CC3)C(C)(C)Oc3cc(C4CNCCN4C(=O)O)ccc32)cc1. The second-order valence-corrected chi connectivity index (χ2v) is 10.6. The van der Waals surface area contributed by atoms with Crippen molar-refractivity contribution in [3.05, 3.63) is 91.8 Å². The molecule has 39 heavy (non-hydrogen) atoms. The first-order valence-corrected chi connectivity index (χ1v) is 12.9. The summed E-state index contributed by atoms with van der Waals surface area (Å²) in [5, 5.41) is 13.0. The molecule has 0 saturated carbocycles. The molecule has 0 bridgehead atoms. The van der Waals surface area contributed by atoms with E-state index in [4.69, 9.17) is 4.74 Å². The summed E-state index contributed by atoms with van der Waals surface area (Å²) in [6.07, 6.45) is 0.953. The van der Waals surface area contributed by atoms with Crippen LogP contribution in [0, 0.1) is 0 Å². The van der Waals surface area contributed by atoms with Crippen LogP contribution in [-0.2, 0) is 6.54 Å². The Bertz CT molecular complexity index is 1660. The zero-order valence-corrected chi connectivity index (χ0v) is 21.9. The molecule has 1 fully saturated rings. The Labute approximate surface area is 223 Å². The van der Waals surface area contributed by atoms with E-state index in [1.807, 2.05) is 38.1 Å². The number of nitrogens with one attached hydrogen (secondary N) is 1. The fourth-order valence-corrected chi connectivity index (χ4v) is 5.92. The number of carboxylic acid groups (broad SMARTS) is 1. The molecule has 202 valence electrons. The van der Waals surface area contributed by atoms with Crippen LogP contribution in [0.4, 0.5) is 4.79 Å². The summed E-state index contributed by atoms with van der Waals surface area (Å²) < 4.78 is 10.5. The molecule has 6 rings (SSSR count). The van der Waals surface area contributed by atoms with Crippen molar-refractivity contribution in [1.82, 2.24) is 24.1 Å². The van der Waals surface area contributed by atoms with Crippen molar-refractivity contribution < 1.29 is 19.4 Å². The third-order valence-electron chi connectivity index (χ3n) is 7.88. The van der Waals surface area contributed by atoms with Crippen molar-refractivity contribution >= 4 is 11.9 Å². The number of hydrogen-bond donors (Lipinski definition) is 2. The van der Waals surface area contributed by atoms with Gasteiger partial charge in [0.25, 0.3) is 0 Å². The lowest BCUT2D eigenvalue weighted by atomic mass is 9.82. The summed E-state index contributed by atoms with van der Waals surface area (Å²) in [5.41, 5.74) is 1.49. The molecule has 3 aliphatic rings. The molecule has 11 heteroatoms. The number of ether oxygens (including phenoxy) is 1. The average molecular weight is 532 g/mol. The van der Waals surface area contributed by atoms with Crippen LogP contribution in [-0.4, -0.2) is 61.0 Å². The lowest BCUT2D eigenvalue weighted by Gasteiger charge is -2.43. The fourth-order valence-electron chi connectivity index (χ4n) is 5.92. The molecule has 0 aliphatic carbocycles. The predicted molar refractivity (Wildman–Crippen MR) is 142 cm³/mol. The number of fused-ring (bicyclic) bond motifs is 5. The third kappa shape index (κ3) is 3.84. The van der Waals surface area contributed by atoms with Crippen LogP contribution in [0.3, 0.4) is 0 Å². The van der Waals surface area contributed by atoms with Crippen LogP contribution in [0.2, 0.25) is 0 Å². The Hall–Kier alpha value is -4.38. The average Bonchev–Trinajstić information content (AvgIpc) is 3.17. The van der Waals surface area contributed by atoms with Gasteiger partial charge in [-0.05, 0) is 62.2 Å². The first-order valence-electron chi connectivity index (χ1n) is 12.9. The maximum absolute atomic E-state index is 13.9. The maximum atomic E-state index is 13.9. The van der Waals surface area contributed by atoms with E-state index in [1.165, 1.54) is 21.2 Å². The molecule has 1 aromatic heterocycles. The van der Waals surface area contributed by atoms with Gasteiger partial charge in [0, 0.05) is 30.8 Å². The maximum Gasteiger partial charge on any atom is 0.407 e. The number of nitrogens with zero attached hydrogens (tertiary/aromatic N) is 4. The zero-order chi connectivity index (χ0) is 27.6. The Morgan fingerprint density at radius 1 is 1.08 bits per heavy atom. The van der Waals surface area contributed by atoms with Gasteiger partial charge in [0.1, 0.15) is 17.4 Å². The van der Waals surface area contributed by atoms with Gasteiger partial charge in [-0.25, -0.2) is 28.3 Å². The van der Waals surface area contributed by atoms with Crippen molar-refractivity contribution in [2.75, 3.05) is 19.6 Å². The molecule has 2 atom stereocenters. The Balaban J connectivity index is 1.48. The molecular formula is C28H29N5O6. The lowest BCUT2D eigenvalue weighted by molar-refractivity contribution is 0.101. The standard InChI is InChI=1S/C28H29N5O6/c1-16(34)17-4-7-19(8-5-17)32-25(35)31-12-10-21-24(33(31)26(32)36)20-9-6-18(14-23(20)39-28(21,2)3)22-15-29-11-13-30(22)27(37)38/h4-10,14,22,24,29H,11-13,15H2,1-3H3,(H,37,38). The van der Waals surface area contributed by atoms with Gasteiger partial charge in [-0.15, -0.1) is 0 Å². The van der Waals surface area contributed by atoms with Crippen LogP contribution in [0.15, 0.2) is 63.7 Å². The fraction of sp³-hybridized carbons (Fsp3) is 0.357. The highest BCUT2D eigenvalue weighted by atomic mass is 16.5. The lowest BCUT2D eigenvalue weighted by Crippen LogP contribution is -2.48. The highest BCUT2D eigenvalue weighted by Gasteiger charge is 2.44. The number of carbonyl (C=O) groups is 2. The van der Waals surface area contributed by atoms with Crippen molar-refractivity contribution in [1.29, 1.82) is 0 Å². The number of benzene rings is 2.